The first-order valence-corrected chi connectivity index (χ1v) is 4.78. The van der Waals surface area contributed by atoms with E-state index in [2.05, 4.69) is 16.5 Å². The van der Waals surface area contributed by atoms with E-state index in [0.29, 0.717) is 0 Å². The van der Waals surface area contributed by atoms with Gasteiger partial charge in [-0.2, -0.15) is 0 Å². The second kappa shape index (κ2) is 8.86. The molecular formula is C13H14GeN2. The average Bonchev–Trinajstić information content (AvgIpc) is 2.31. The molecular weight excluding hydrogens is 257 g/mol. The van der Waals surface area contributed by atoms with Crippen LogP contribution in [0, 0.1) is 0 Å². The predicted octanol–water partition coefficient (Wildman–Crippen LogP) is 3.00. The van der Waals surface area contributed by atoms with Crippen molar-refractivity contribution in [1.82, 2.24) is 9.97 Å². The first kappa shape index (κ1) is 14.6. The van der Waals surface area contributed by atoms with Gasteiger partial charge in [0.2, 0.25) is 0 Å². The van der Waals surface area contributed by atoms with Gasteiger partial charge in [0.15, 0.2) is 0 Å². The fourth-order valence-electron chi connectivity index (χ4n) is 1.05. The van der Waals surface area contributed by atoms with E-state index in [-0.39, 0.29) is 17.6 Å². The van der Waals surface area contributed by atoms with E-state index in [9.17, 15) is 0 Å². The standard InChI is InChI=1S/C8H6N2.C5H8.Ge/c1-2-4-8-7(3-1)9-5-6-10-8;1-3-5-4-2;/h1-6H;3-5H,1H2,2H3;. The number of rotatable bonds is 1. The molecule has 2 nitrogen and oxygen atoms in total. The van der Waals surface area contributed by atoms with Gasteiger partial charge in [0.25, 0.3) is 0 Å². The molecule has 80 valence electrons. The third kappa shape index (κ3) is 4.89. The second-order valence-electron chi connectivity index (χ2n) is 2.81. The van der Waals surface area contributed by atoms with Gasteiger partial charge in [0, 0.05) is 30.0 Å². The molecule has 0 amide bonds. The topological polar surface area (TPSA) is 25.8 Å². The van der Waals surface area contributed by atoms with Gasteiger partial charge < -0.3 is 0 Å². The van der Waals surface area contributed by atoms with Gasteiger partial charge in [-0.3, -0.25) is 9.97 Å². The van der Waals surface area contributed by atoms with E-state index in [0.717, 1.165) is 11.0 Å². The van der Waals surface area contributed by atoms with Gasteiger partial charge >= 0.3 is 0 Å². The zero-order valence-electron chi connectivity index (χ0n) is 9.30. The van der Waals surface area contributed by atoms with Gasteiger partial charge in [-0.15, -0.1) is 0 Å². The maximum atomic E-state index is 4.12. The molecule has 0 N–H and O–H groups in total. The Hall–Kier alpha value is -1.42. The quantitative estimate of drug-likeness (QED) is 0.588. The normalized spacial score (nSPS) is 9.06. The van der Waals surface area contributed by atoms with Crippen LogP contribution in [0.4, 0.5) is 0 Å². The van der Waals surface area contributed by atoms with Gasteiger partial charge in [-0.1, -0.05) is 36.9 Å². The first-order valence-electron chi connectivity index (χ1n) is 4.78. The number of benzene rings is 1. The molecule has 0 saturated heterocycles. The molecule has 2 rings (SSSR count). The van der Waals surface area contributed by atoms with Crippen LogP contribution in [0.25, 0.3) is 11.0 Å². The summed E-state index contributed by atoms with van der Waals surface area (Å²) in [6, 6.07) is 7.80. The van der Waals surface area contributed by atoms with Crippen molar-refractivity contribution in [2.75, 3.05) is 0 Å². The Morgan fingerprint density at radius 1 is 1.06 bits per heavy atom. The van der Waals surface area contributed by atoms with E-state index in [1.165, 1.54) is 0 Å². The Morgan fingerprint density at radius 3 is 1.88 bits per heavy atom. The molecule has 0 atom stereocenters. The molecule has 0 fully saturated rings. The third-order valence-electron chi connectivity index (χ3n) is 1.70. The number of hydrogen-bond donors (Lipinski definition) is 0. The van der Waals surface area contributed by atoms with Crippen molar-refractivity contribution < 1.29 is 0 Å². The number of hydrogen-bond acceptors (Lipinski definition) is 2. The van der Waals surface area contributed by atoms with Crippen molar-refractivity contribution in [3.05, 3.63) is 61.5 Å². The van der Waals surface area contributed by atoms with E-state index in [1.807, 2.05) is 43.3 Å². The van der Waals surface area contributed by atoms with Crippen LogP contribution in [0.2, 0.25) is 0 Å². The monoisotopic (exact) mass is 272 g/mol. The smallest absolute Gasteiger partial charge is 0.0886 e. The van der Waals surface area contributed by atoms with Crippen molar-refractivity contribution in [1.29, 1.82) is 0 Å². The van der Waals surface area contributed by atoms with Gasteiger partial charge in [0.05, 0.1) is 11.0 Å². The number of nitrogens with zero attached hydrogens (tertiary/aromatic N) is 2. The van der Waals surface area contributed by atoms with Gasteiger partial charge in [-0.05, 0) is 19.1 Å². The summed E-state index contributed by atoms with van der Waals surface area (Å²) in [5, 5.41) is 0. The summed E-state index contributed by atoms with van der Waals surface area (Å²) in [6.45, 7) is 5.42. The Labute approximate surface area is 107 Å². The van der Waals surface area contributed by atoms with Crippen LogP contribution in [0.3, 0.4) is 0 Å². The van der Waals surface area contributed by atoms with Crippen LogP contribution in [-0.4, -0.2) is 27.6 Å². The average molecular weight is 271 g/mol. The van der Waals surface area contributed by atoms with Crippen molar-refractivity contribution in [3.63, 3.8) is 0 Å². The number of allylic oxidation sites excluding steroid dienone is 3. The number of aromatic nitrogens is 2. The molecule has 1 aromatic carbocycles. The fourth-order valence-corrected chi connectivity index (χ4v) is 1.05. The van der Waals surface area contributed by atoms with E-state index in [4.69, 9.17) is 0 Å². The van der Waals surface area contributed by atoms with E-state index in [1.54, 1.807) is 18.5 Å². The molecule has 0 aliphatic heterocycles. The number of para-hydroxylation sites is 2. The molecule has 0 spiro atoms. The molecule has 0 aliphatic rings. The molecule has 0 aliphatic carbocycles. The Morgan fingerprint density at radius 2 is 1.56 bits per heavy atom. The van der Waals surface area contributed by atoms with Crippen LogP contribution >= 0.6 is 0 Å². The summed E-state index contributed by atoms with van der Waals surface area (Å²) in [6.07, 6.45) is 8.97. The van der Waals surface area contributed by atoms with Crippen LogP contribution in [0.1, 0.15) is 6.92 Å². The van der Waals surface area contributed by atoms with E-state index >= 15 is 0 Å². The SMILES string of the molecule is C=CC=CC.[Ge].c1ccc2nccnc2c1. The third-order valence-corrected chi connectivity index (χ3v) is 1.70. The Bertz CT molecular complexity index is 387. The van der Waals surface area contributed by atoms with Crippen molar-refractivity contribution >= 4 is 28.6 Å². The summed E-state index contributed by atoms with van der Waals surface area (Å²) in [5.74, 6) is 0. The molecule has 2 aromatic rings. The molecule has 3 heteroatoms. The van der Waals surface area contributed by atoms with Gasteiger partial charge in [0.1, 0.15) is 0 Å². The second-order valence-corrected chi connectivity index (χ2v) is 2.81. The Kier molecular flexibility index (Phi) is 8.07. The maximum absolute atomic E-state index is 4.12. The van der Waals surface area contributed by atoms with Crippen molar-refractivity contribution in [2.45, 2.75) is 6.92 Å². The Balaban J connectivity index is 0.000000330. The molecule has 1 heterocycles. The summed E-state index contributed by atoms with van der Waals surface area (Å²) >= 11 is 0. The molecule has 16 heavy (non-hydrogen) atoms. The molecule has 0 bridgehead atoms. The first-order chi connectivity index (χ1) is 7.38. The largest absolute Gasteiger partial charge is 0.253 e. The zero-order chi connectivity index (χ0) is 10.9. The molecule has 0 unspecified atom stereocenters. The summed E-state index contributed by atoms with van der Waals surface area (Å²) in [4.78, 5) is 8.24. The zero-order valence-corrected chi connectivity index (χ0v) is 11.4. The minimum atomic E-state index is 0. The van der Waals surface area contributed by atoms with Crippen LogP contribution < -0.4 is 0 Å². The predicted molar refractivity (Wildman–Crippen MR) is 70.3 cm³/mol. The van der Waals surface area contributed by atoms with E-state index < -0.39 is 0 Å². The molecule has 1 aromatic heterocycles. The van der Waals surface area contributed by atoms with Crippen LogP contribution in [0.5, 0.6) is 0 Å². The maximum Gasteiger partial charge on any atom is 0.0886 e. The van der Waals surface area contributed by atoms with Crippen LogP contribution in [0.15, 0.2) is 61.5 Å². The minimum absolute atomic E-state index is 0. The molecule has 0 saturated carbocycles. The number of fused-ring (bicyclic) bond motifs is 1. The summed E-state index contributed by atoms with van der Waals surface area (Å²) in [7, 11) is 0. The minimum Gasteiger partial charge on any atom is -0.253 e. The van der Waals surface area contributed by atoms with Crippen molar-refractivity contribution in [2.24, 2.45) is 0 Å². The molecule has 4 radical (unpaired) electrons. The summed E-state index contributed by atoms with van der Waals surface area (Å²) < 4.78 is 0. The summed E-state index contributed by atoms with van der Waals surface area (Å²) in [5.41, 5.74) is 1.90. The van der Waals surface area contributed by atoms with Crippen molar-refractivity contribution in [3.8, 4) is 0 Å². The van der Waals surface area contributed by atoms with Gasteiger partial charge in [-0.25, -0.2) is 0 Å². The fraction of sp³-hybridized carbons (Fsp3) is 0.0769. The van der Waals surface area contributed by atoms with Crippen LogP contribution in [-0.2, 0) is 0 Å².